The second-order valence-electron chi connectivity index (χ2n) is 6.35. The Labute approximate surface area is 164 Å². The largest absolute Gasteiger partial charge is 0.490 e. The van der Waals surface area contributed by atoms with Gasteiger partial charge in [0.25, 0.3) is 0 Å². The number of aryl methyl sites for hydroxylation is 2. The number of nitrogens with zero attached hydrogens (tertiary/aromatic N) is 4. The Hall–Kier alpha value is -1.98. The standard InChI is InChI=1S/C15H22N4OS.C2HF3O2/c1-4-19-14-7-18(8-15-11(2)16-10-21-15)6-12(9-20-3)13(14)5-17-19;3-2(4,5)1(6)7/h5,10,12H,4,6-9H2,1-3H3;(H,6,7). The van der Waals surface area contributed by atoms with Crippen molar-refractivity contribution in [1.29, 1.82) is 0 Å². The zero-order chi connectivity index (χ0) is 20.9. The monoisotopic (exact) mass is 420 g/mol. The first-order chi connectivity index (χ1) is 13.2. The second kappa shape index (κ2) is 9.48. The van der Waals surface area contributed by atoms with E-state index in [1.54, 1.807) is 18.4 Å². The highest BCUT2D eigenvalue weighted by atomic mass is 32.1. The van der Waals surface area contributed by atoms with Crippen molar-refractivity contribution in [3.05, 3.63) is 33.5 Å². The molecule has 0 spiro atoms. The van der Waals surface area contributed by atoms with Crippen LogP contribution in [0.2, 0.25) is 0 Å². The number of carbonyl (C=O) groups is 1. The zero-order valence-corrected chi connectivity index (χ0v) is 16.7. The smallest absolute Gasteiger partial charge is 0.475 e. The summed E-state index contributed by atoms with van der Waals surface area (Å²) in [4.78, 5) is 17.1. The molecular weight excluding hydrogens is 397 g/mol. The van der Waals surface area contributed by atoms with Crippen molar-refractivity contribution in [2.75, 3.05) is 20.3 Å². The van der Waals surface area contributed by atoms with Gasteiger partial charge < -0.3 is 9.84 Å². The Bertz CT molecular complexity index is 791. The molecule has 0 aliphatic carbocycles. The lowest BCUT2D eigenvalue weighted by molar-refractivity contribution is -0.192. The van der Waals surface area contributed by atoms with Crippen LogP contribution in [0.15, 0.2) is 11.7 Å². The average molecular weight is 420 g/mol. The van der Waals surface area contributed by atoms with Crippen molar-refractivity contribution >= 4 is 17.3 Å². The minimum atomic E-state index is -5.08. The van der Waals surface area contributed by atoms with Crippen LogP contribution >= 0.6 is 11.3 Å². The predicted molar refractivity (Wildman–Crippen MR) is 97.2 cm³/mol. The number of carboxylic acids is 1. The van der Waals surface area contributed by atoms with Crippen LogP contribution in [-0.4, -0.2) is 57.2 Å². The van der Waals surface area contributed by atoms with Gasteiger partial charge in [0.15, 0.2) is 0 Å². The molecule has 1 N–H and O–H groups in total. The fourth-order valence-corrected chi connectivity index (χ4v) is 3.86. The number of rotatable bonds is 5. The van der Waals surface area contributed by atoms with Gasteiger partial charge in [-0.15, -0.1) is 11.3 Å². The lowest BCUT2D eigenvalue weighted by Gasteiger charge is -2.32. The molecule has 0 bridgehead atoms. The van der Waals surface area contributed by atoms with Crippen molar-refractivity contribution in [3.63, 3.8) is 0 Å². The van der Waals surface area contributed by atoms with Gasteiger partial charge >= 0.3 is 12.1 Å². The Morgan fingerprint density at radius 2 is 2.14 bits per heavy atom. The fourth-order valence-electron chi connectivity index (χ4n) is 3.04. The lowest BCUT2D eigenvalue weighted by atomic mass is 9.95. The molecule has 1 aliphatic heterocycles. The van der Waals surface area contributed by atoms with Gasteiger partial charge in [-0.05, 0) is 13.8 Å². The van der Waals surface area contributed by atoms with Crippen LogP contribution in [-0.2, 0) is 29.2 Å². The molecule has 11 heteroatoms. The minimum Gasteiger partial charge on any atom is -0.475 e. The summed E-state index contributed by atoms with van der Waals surface area (Å²) in [5.74, 6) is -2.35. The zero-order valence-electron chi connectivity index (χ0n) is 15.9. The van der Waals surface area contributed by atoms with Crippen molar-refractivity contribution < 1.29 is 27.8 Å². The van der Waals surface area contributed by atoms with Gasteiger partial charge in [-0.2, -0.15) is 18.3 Å². The number of halogens is 3. The first-order valence-electron chi connectivity index (χ1n) is 8.62. The number of thiazole rings is 1. The van der Waals surface area contributed by atoms with Gasteiger partial charge in [0.1, 0.15) is 0 Å². The Kier molecular flexibility index (Phi) is 7.55. The molecule has 1 unspecified atom stereocenters. The number of aliphatic carboxylic acids is 1. The molecule has 1 aliphatic rings. The van der Waals surface area contributed by atoms with E-state index in [-0.39, 0.29) is 0 Å². The van der Waals surface area contributed by atoms with E-state index in [0.717, 1.165) is 38.5 Å². The molecule has 2 aromatic rings. The number of aromatic nitrogens is 3. The van der Waals surface area contributed by atoms with Crippen LogP contribution in [0.5, 0.6) is 0 Å². The quantitative estimate of drug-likeness (QED) is 0.801. The highest BCUT2D eigenvalue weighted by Gasteiger charge is 2.38. The molecule has 2 aromatic heterocycles. The Morgan fingerprint density at radius 1 is 1.46 bits per heavy atom. The van der Waals surface area contributed by atoms with E-state index < -0.39 is 12.1 Å². The molecule has 7 nitrogen and oxygen atoms in total. The third-order valence-electron chi connectivity index (χ3n) is 4.39. The molecule has 0 aromatic carbocycles. The van der Waals surface area contributed by atoms with Gasteiger partial charge in [-0.1, -0.05) is 0 Å². The number of fused-ring (bicyclic) bond motifs is 1. The summed E-state index contributed by atoms with van der Waals surface area (Å²) in [5, 5.41) is 11.6. The van der Waals surface area contributed by atoms with Crippen LogP contribution in [0.25, 0.3) is 0 Å². The van der Waals surface area contributed by atoms with E-state index in [0.29, 0.717) is 5.92 Å². The Balaban J connectivity index is 0.000000345. The van der Waals surface area contributed by atoms with Crippen molar-refractivity contribution in [2.45, 2.75) is 45.6 Å². The van der Waals surface area contributed by atoms with E-state index in [4.69, 9.17) is 14.6 Å². The van der Waals surface area contributed by atoms with Crippen LogP contribution in [0.4, 0.5) is 13.2 Å². The SMILES string of the molecule is CCn1ncc2c1CN(Cc1scnc1C)CC2COC.O=C(O)C(F)(F)F. The number of carboxylic acid groups (broad SMARTS) is 1. The minimum absolute atomic E-state index is 0.410. The van der Waals surface area contributed by atoms with Gasteiger partial charge in [0.05, 0.1) is 29.7 Å². The topological polar surface area (TPSA) is 80.5 Å². The first-order valence-corrected chi connectivity index (χ1v) is 9.50. The summed E-state index contributed by atoms with van der Waals surface area (Å²) in [5.41, 5.74) is 5.78. The van der Waals surface area contributed by atoms with Crippen LogP contribution in [0, 0.1) is 6.92 Å². The molecule has 0 saturated heterocycles. The summed E-state index contributed by atoms with van der Waals surface area (Å²) in [6, 6.07) is 0. The molecule has 28 heavy (non-hydrogen) atoms. The maximum atomic E-state index is 10.6. The first kappa shape index (κ1) is 22.3. The average Bonchev–Trinajstić information content (AvgIpc) is 3.21. The van der Waals surface area contributed by atoms with Gasteiger partial charge in [-0.3, -0.25) is 9.58 Å². The van der Waals surface area contributed by atoms with Crippen LogP contribution < -0.4 is 0 Å². The van der Waals surface area contributed by atoms with Gasteiger partial charge in [0.2, 0.25) is 0 Å². The maximum absolute atomic E-state index is 10.6. The van der Waals surface area contributed by atoms with Crippen molar-refractivity contribution in [1.82, 2.24) is 19.7 Å². The Morgan fingerprint density at radius 3 is 2.64 bits per heavy atom. The third-order valence-corrected chi connectivity index (χ3v) is 5.31. The lowest BCUT2D eigenvalue weighted by Crippen LogP contribution is -2.35. The van der Waals surface area contributed by atoms with E-state index >= 15 is 0 Å². The number of alkyl halides is 3. The van der Waals surface area contributed by atoms with Crippen LogP contribution in [0.1, 0.15) is 34.7 Å². The highest BCUT2D eigenvalue weighted by molar-refractivity contribution is 7.09. The number of hydrogen-bond donors (Lipinski definition) is 1. The van der Waals surface area contributed by atoms with Gasteiger partial charge in [0, 0.05) is 49.6 Å². The molecule has 156 valence electrons. The number of ether oxygens (including phenoxy) is 1. The molecule has 3 heterocycles. The van der Waals surface area contributed by atoms with Gasteiger partial charge in [-0.25, -0.2) is 9.78 Å². The normalized spacial score (nSPS) is 17.0. The summed E-state index contributed by atoms with van der Waals surface area (Å²) in [6.45, 7) is 8.84. The van der Waals surface area contributed by atoms with E-state index in [9.17, 15) is 13.2 Å². The molecule has 0 saturated carbocycles. The number of hydrogen-bond acceptors (Lipinski definition) is 6. The van der Waals surface area contributed by atoms with E-state index in [1.165, 1.54) is 16.1 Å². The summed E-state index contributed by atoms with van der Waals surface area (Å²) >= 11 is 1.74. The number of methoxy groups -OCH3 is 1. The molecule has 3 rings (SSSR count). The van der Waals surface area contributed by atoms with Crippen LogP contribution in [0.3, 0.4) is 0 Å². The maximum Gasteiger partial charge on any atom is 0.490 e. The second-order valence-corrected chi connectivity index (χ2v) is 7.29. The fraction of sp³-hybridized carbons (Fsp3) is 0.588. The molecule has 0 radical (unpaired) electrons. The summed E-state index contributed by atoms with van der Waals surface area (Å²) < 4.78 is 39.3. The van der Waals surface area contributed by atoms with Crippen molar-refractivity contribution in [3.8, 4) is 0 Å². The van der Waals surface area contributed by atoms with Crippen molar-refractivity contribution in [2.24, 2.45) is 0 Å². The molecular formula is C17H23F3N4O3S. The molecule has 1 atom stereocenters. The third kappa shape index (κ3) is 5.52. The highest BCUT2D eigenvalue weighted by Crippen LogP contribution is 2.30. The summed E-state index contributed by atoms with van der Waals surface area (Å²) in [6.07, 6.45) is -3.06. The predicted octanol–water partition coefficient (Wildman–Crippen LogP) is 3.05. The molecule has 0 amide bonds. The van der Waals surface area contributed by atoms with E-state index in [1.807, 2.05) is 11.7 Å². The van der Waals surface area contributed by atoms with E-state index in [2.05, 4.69) is 33.5 Å². The molecule has 0 fully saturated rings. The summed E-state index contributed by atoms with van der Waals surface area (Å²) in [7, 11) is 1.77.